The van der Waals surface area contributed by atoms with Crippen LogP contribution in [-0.2, 0) is 4.79 Å². The van der Waals surface area contributed by atoms with Gasteiger partial charge >= 0.3 is 0 Å². The highest BCUT2D eigenvalue weighted by Crippen LogP contribution is 2.12. The van der Waals surface area contributed by atoms with E-state index in [0.717, 1.165) is 32.1 Å². The van der Waals surface area contributed by atoms with Crippen LogP contribution >= 0.6 is 0 Å². The number of aliphatic hydroxyl groups excluding tert-OH is 2. The van der Waals surface area contributed by atoms with Crippen LogP contribution in [0.2, 0.25) is 0 Å². The molecular formula is C35H67NO3. The second kappa shape index (κ2) is 31.4. The predicted molar refractivity (Wildman–Crippen MR) is 170 cm³/mol. The molecule has 0 saturated heterocycles. The van der Waals surface area contributed by atoms with E-state index < -0.39 is 12.1 Å². The molecule has 39 heavy (non-hydrogen) atoms. The van der Waals surface area contributed by atoms with Gasteiger partial charge in [0.1, 0.15) is 0 Å². The lowest BCUT2D eigenvalue weighted by Crippen LogP contribution is -2.45. The molecule has 0 aliphatic heterocycles. The van der Waals surface area contributed by atoms with Crippen molar-refractivity contribution in [3.8, 4) is 0 Å². The molecular weight excluding hydrogens is 482 g/mol. The second-order valence-corrected chi connectivity index (χ2v) is 11.6. The summed E-state index contributed by atoms with van der Waals surface area (Å²) in [5.74, 6) is -0.0752. The van der Waals surface area contributed by atoms with Gasteiger partial charge in [0.2, 0.25) is 5.91 Å². The number of hydrogen-bond acceptors (Lipinski definition) is 3. The molecule has 0 rings (SSSR count). The van der Waals surface area contributed by atoms with Gasteiger partial charge in [-0.25, -0.2) is 0 Å². The minimum absolute atomic E-state index is 0.0752. The summed E-state index contributed by atoms with van der Waals surface area (Å²) in [5.41, 5.74) is 0. The first-order chi connectivity index (χ1) is 19.2. The van der Waals surface area contributed by atoms with Gasteiger partial charge in [0.25, 0.3) is 0 Å². The van der Waals surface area contributed by atoms with Crippen molar-refractivity contribution in [3.63, 3.8) is 0 Å². The Labute approximate surface area is 243 Å². The Hall–Kier alpha value is -1.13. The van der Waals surface area contributed by atoms with Crippen molar-refractivity contribution in [3.05, 3.63) is 24.3 Å². The molecule has 0 aromatic heterocycles. The first-order valence-electron chi connectivity index (χ1n) is 17.1. The molecule has 0 aliphatic carbocycles. The molecule has 0 bridgehead atoms. The number of allylic oxidation sites excluding steroid dienone is 3. The van der Waals surface area contributed by atoms with E-state index in [1.54, 1.807) is 6.08 Å². The van der Waals surface area contributed by atoms with Crippen molar-refractivity contribution in [2.45, 2.75) is 187 Å². The lowest BCUT2D eigenvalue weighted by atomic mass is 10.1. The van der Waals surface area contributed by atoms with E-state index in [2.05, 4.69) is 31.3 Å². The molecule has 3 N–H and O–H groups in total. The number of carbonyl (C=O) groups excluding carboxylic acids is 1. The molecule has 4 heteroatoms. The van der Waals surface area contributed by atoms with E-state index in [-0.39, 0.29) is 12.5 Å². The number of hydrogen-bond donors (Lipinski definition) is 3. The van der Waals surface area contributed by atoms with Crippen molar-refractivity contribution in [2.24, 2.45) is 0 Å². The van der Waals surface area contributed by atoms with E-state index in [1.165, 1.54) is 122 Å². The molecule has 0 fully saturated rings. The molecule has 1 amide bonds. The molecule has 0 aromatic rings. The van der Waals surface area contributed by atoms with Gasteiger partial charge in [0.05, 0.1) is 18.8 Å². The number of amides is 1. The number of unbranched alkanes of at least 4 members (excludes halogenated alkanes) is 21. The Morgan fingerprint density at radius 3 is 1.41 bits per heavy atom. The normalized spacial score (nSPS) is 13.4. The molecule has 0 saturated carbocycles. The summed E-state index contributed by atoms with van der Waals surface area (Å²) < 4.78 is 0. The number of carbonyl (C=O) groups is 1. The third kappa shape index (κ3) is 28.2. The first-order valence-corrected chi connectivity index (χ1v) is 17.1. The molecule has 0 radical (unpaired) electrons. The summed E-state index contributed by atoms with van der Waals surface area (Å²) in [4.78, 5) is 12.3. The van der Waals surface area contributed by atoms with Crippen molar-refractivity contribution in [1.82, 2.24) is 5.32 Å². The average molecular weight is 550 g/mol. The molecule has 0 heterocycles. The van der Waals surface area contributed by atoms with Crippen LogP contribution in [0.3, 0.4) is 0 Å². The predicted octanol–water partition coefficient (Wildman–Crippen LogP) is 9.73. The van der Waals surface area contributed by atoms with Gasteiger partial charge in [0.15, 0.2) is 0 Å². The molecule has 0 unspecified atom stereocenters. The van der Waals surface area contributed by atoms with Gasteiger partial charge in [-0.3, -0.25) is 4.79 Å². The van der Waals surface area contributed by atoms with E-state index >= 15 is 0 Å². The maximum absolute atomic E-state index is 12.3. The first kappa shape index (κ1) is 37.9. The topological polar surface area (TPSA) is 69.6 Å². The highest BCUT2D eigenvalue weighted by molar-refractivity contribution is 5.76. The van der Waals surface area contributed by atoms with Crippen LogP contribution in [0.5, 0.6) is 0 Å². The van der Waals surface area contributed by atoms with E-state index in [9.17, 15) is 15.0 Å². The van der Waals surface area contributed by atoms with Crippen LogP contribution in [0.25, 0.3) is 0 Å². The minimum Gasteiger partial charge on any atom is -0.394 e. The lowest BCUT2D eigenvalue weighted by molar-refractivity contribution is -0.123. The number of rotatable bonds is 30. The highest BCUT2D eigenvalue weighted by atomic mass is 16.3. The van der Waals surface area contributed by atoms with Gasteiger partial charge in [0, 0.05) is 6.42 Å². The third-order valence-electron chi connectivity index (χ3n) is 7.68. The fourth-order valence-electron chi connectivity index (χ4n) is 4.99. The van der Waals surface area contributed by atoms with Crippen molar-refractivity contribution >= 4 is 5.91 Å². The molecule has 230 valence electrons. The summed E-state index contributed by atoms with van der Waals surface area (Å²) in [5, 5.41) is 22.8. The summed E-state index contributed by atoms with van der Waals surface area (Å²) in [6, 6.07) is -0.621. The molecule has 0 aromatic carbocycles. The van der Waals surface area contributed by atoms with Crippen molar-refractivity contribution in [1.29, 1.82) is 0 Å². The zero-order valence-corrected chi connectivity index (χ0v) is 26.2. The third-order valence-corrected chi connectivity index (χ3v) is 7.68. The molecule has 4 nitrogen and oxygen atoms in total. The SMILES string of the molecule is CCCCCCCC/C=C\CCCCCCCC(=O)N[C@@H](CO)[C@H](O)/C=C/CCCCCCCCCCCC. The Morgan fingerprint density at radius 1 is 0.590 bits per heavy atom. The van der Waals surface area contributed by atoms with Gasteiger partial charge in [-0.1, -0.05) is 147 Å². The van der Waals surface area contributed by atoms with E-state index in [4.69, 9.17) is 0 Å². The smallest absolute Gasteiger partial charge is 0.220 e. The van der Waals surface area contributed by atoms with Crippen LogP contribution < -0.4 is 5.32 Å². The van der Waals surface area contributed by atoms with Gasteiger partial charge in [-0.15, -0.1) is 0 Å². The summed E-state index contributed by atoms with van der Waals surface area (Å²) >= 11 is 0. The second-order valence-electron chi connectivity index (χ2n) is 11.6. The Balaban J connectivity index is 3.66. The van der Waals surface area contributed by atoms with Crippen molar-refractivity contribution in [2.75, 3.05) is 6.61 Å². The summed E-state index contributed by atoms with van der Waals surface area (Å²) in [6.45, 7) is 4.27. The minimum atomic E-state index is -0.837. The van der Waals surface area contributed by atoms with E-state index in [1.807, 2.05) is 6.08 Å². The van der Waals surface area contributed by atoms with Gasteiger partial charge < -0.3 is 15.5 Å². The van der Waals surface area contributed by atoms with Crippen molar-refractivity contribution < 1.29 is 15.0 Å². The van der Waals surface area contributed by atoms with E-state index in [0.29, 0.717) is 6.42 Å². The fourth-order valence-corrected chi connectivity index (χ4v) is 4.99. The lowest BCUT2D eigenvalue weighted by Gasteiger charge is -2.20. The van der Waals surface area contributed by atoms with Crippen LogP contribution in [0.1, 0.15) is 174 Å². The zero-order valence-electron chi connectivity index (χ0n) is 26.2. The maximum Gasteiger partial charge on any atom is 0.220 e. The number of aliphatic hydroxyl groups is 2. The Morgan fingerprint density at radius 2 is 0.974 bits per heavy atom. The Bertz CT molecular complexity index is 560. The highest BCUT2D eigenvalue weighted by Gasteiger charge is 2.17. The standard InChI is InChI=1S/C35H67NO3/c1-3-5-7-9-11-13-15-17-18-19-21-23-25-27-29-31-35(39)36-33(32-37)34(38)30-28-26-24-22-20-16-14-12-10-8-6-4-2/h17-18,28,30,33-34,37-38H,3-16,19-27,29,31-32H2,1-2H3,(H,36,39)/b18-17-,30-28+/t33-,34+/m0/s1. The largest absolute Gasteiger partial charge is 0.394 e. The van der Waals surface area contributed by atoms with Crippen LogP contribution in [0.15, 0.2) is 24.3 Å². The Kier molecular flexibility index (Phi) is 30.5. The quantitative estimate of drug-likeness (QED) is 0.0617. The summed E-state index contributed by atoms with van der Waals surface area (Å²) in [7, 11) is 0. The molecule has 0 spiro atoms. The molecule has 2 atom stereocenters. The van der Waals surface area contributed by atoms with Crippen LogP contribution in [-0.4, -0.2) is 34.9 Å². The van der Waals surface area contributed by atoms with Gasteiger partial charge in [-0.2, -0.15) is 0 Å². The fraction of sp³-hybridized carbons (Fsp3) is 0.857. The average Bonchev–Trinajstić information content (AvgIpc) is 2.94. The maximum atomic E-state index is 12.3. The summed E-state index contributed by atoms with van der Waals surface area (Å²) in [6.07, 6.45) is 38.2. The van der Waals surface area contributed by atoms with Crippen LogP contribution in [0, 0.1) is 0 Å². The zero-order chi connectivity index (χ0) is 28.7. The van der Waals surface area contributed by atoms with Crippen LogP contribution in [0.4, 0.5) is 0 Å². The van der Waals surface area contributed by atoms with Gasteiger partial charge in [-0.05, 0) is 44.9 Å². The molecule has 0 aliphatic rings. The monoisotopic (exact) mass is 550 g/mol. The number of nitrogens with one attached hydrogen (secondary N) is 1.